The van der Waals surface area contributed by atoms with Gasteiger partial charge in [-0.15, -0.1) is 0 Å². The van der Waals surface area contributed by atoms with Crippen molar-refractivity contribution in [2.45, 2.75) is 45.6 Å². The molecule has 0 fully saturated rings. The van der Waals surface area contributed by atoms with Crippen LogP contribution in [0, 0.1) is 0 Å². The SMILES string of the molecule is CC(C)(C)OC(=O)NCC(NC(=O)OCc1ccccc1)C(=O)OCc1ccccc1. The number of hydrogen-bond acceptors (Lipinski definition) is 6. The molecule has 2 rings (SSSR count). The molecule has 0 spiro atoms. The first-order chi connectivity index (χ1) is 14.7. The number of alkyl carbamates (subject to hydrolysis) is 2. The lowest BCUT2D eigenvalue weighted by molar-refractivity contribution is -0.147. The van der Waals surface area contributed by atoms with E-state index in [4.69, 9.17) is 14.2 Å². The van der Waals surface area contributed by atoms with Gasteiger partial charge in [-0.2, -0.15) is 0 Å². The number of amides is 2. The zero-order valence-electron chi connectivity index (χ0n) is 17.9. The molecular weight excluding hydrogens is 400 g/mol. The van der Waals surface area contributed by atoms with Crippen molar-refractivity contribution in [3.8, 4) is 0 Å². The van der Waals surface area contributed by atoms with Crippen molar-refractivity contribution in [2.24, 2.45) is 0 Å². The highest BCUT2D eigenvalue weighted by molar-refractivity contribution is 5.82. The molecule has 166 valence electrons. The van der Waals surface area contributed by atoms with Crippen LogP contribution in [0.5, 0.6) is 0 Å². The number of ether oxygens (including phenoxy) is 3. The Bertz CT molecular complexity index is 849. The van der Waals surface area contributed by atoms with Crippen molar-refractivity contribution >= 4 is 18.2 Å². The van der Waals surface area contributed by atoms with Gasteiger partial charge in [-0.05, 0) is 31.9 Å². The predicted octanol–water partition coefficient (Wildman–Crippen LogP) is 3.55. The summed E-state index contributed by atoms with van der Waals surface area (Å²) in [6.07, 6.45) is -1.52. The quantitative estimate of drug-likeness (QED) is 0.492. The molecule has 0 aliphatic heterocycles. The molecule has 0 saturated carbocycles. The minimum atomic E-state index is -1.15. The summed E-state index contributed by atoms with van der Waals surface area (Å²) in [5.41, 5.74) is 0.893. The van der Waals surface area contributed by atoms with Gasteiger partial charge in [-0.3, -0.25) is 0 Å². The first-order valence-electron chi connectivity index (χ1n) is 9.87. The number of nitrogens with one attached hydrogen (secondary N) is 2. The summed E-state index contributed by atoms with van der Waals surface area (Å²) in [4.78, 5) is 36.7. The lowest BCUT2D eigenvalue weighted by atomic mass is 10.2. The van der Waals surface area contributed by atoms with Crippen molar-refractivity contribution in [2.75, 3.05) is 6.54 Å². The third-order valence-corrected chi connectivity index (χ3v) is 3.86. The highest BCUT2D eigenvalue weighted by Crippen LogP contribution is 2.07. The standard InChI is InChI=1S/C23H28N2O6/c1-23(2,3)31-21(27)24-14-19(20(26)29-15-17-10-6-4-7-11-17)25-22(28)30-16-18-12-8-5-9-13-18/h4-13,19H,14-16H2,1-3H3,(H,24,27)(H,25,28). The minimum Gasteiger partial charge on any atom is -0.459 e. The molecule has 2 N–H and O–H groups in total. The third kappa shape index (κ3) is 9.66. The molecule has 1 atom stereocenters. The Morgan fingerprint density at radius 2 is 1.32 bits per heavy atom. The van der Waals surface area contributed by atoms with Crippen LogP contribution in [0.2, 0.25) is 0 Å². The molecule has 2 aromatic carbocycles. The molecule has 0 aliphatic rings. The zero-order chi connectivity index (χ0) is 22.7. The molecule has 0 aliphatic carbocycles. The van der Waals surface area contributed by atoms with E-state index < -0.39 is 29.8 Å². The van der Waals surface area contributed by atoms with E-state index in [0.717, 1.165) is 11.1 Å². The maximum Gasteiger partial charge on any atom is 0.408 e. The molecule has 8 heteroatoms. The maximum absolute atomic E-state index is 12.5. The van der Waals surface area contributed by atoms with Crippen LogP contribution in [0.4, 0.5) is 9.59 Å². The fourth-order valence-corrected chi connectivity index (χ4v) is 2.43. The number of benzene rings is 2. The van der Waals surface area contributed by atoms with E-state index >= 15 is 0 Å². The van der Waals surface area contributed by atoms with Gasteiger partial charge >= 0.3 is 18.2 Å². The summed E-state index contributed by atoms with van der Waals surface area (Å²) < 4.78 is 15.6. The van der Waals surface area contributed by atoms with Crippen molar-refractivity contribution in [1.82, 2.24) is 10.6 Å². The summed E-state index contributed by atoms with van der Waals surface area (Å²) in [5, 5.41) is 4.90. The highest BCUT2D eigenvalue weighted by atomic mass is 16.6. The van der Waals surface area contributed by atoms with Gasteiger partial charge in [-0.25, -0.2) is 14.4 Å². The van der Waals surface area contributed by atoms with Crippen LogP contribution in [0.25, 0.3) is 0 Å². The molecule has 0 bridgehead atoms. The molecule has 0 aromatic heterocycles. The number of esters is 1. The monoisotopic (exact) mass is 428 g/mol. The lowest BCUT2D eigenvalue weighted by Gasteiger charge is -2.22. The number of hydrogen-bond donors (Lipinski definition) is 2. The molecule has 2 aromatic rings. The molecule has 0 saturated heterocycles. The Morgan fingerprint density at radius 1 is 0.806 bits per heavy atom. The van der Waals surface area contributed by atoms with Crippen molar-refractivity contribution < 1.29 is 28.6 Å². The van der Waals surface area contributed by atoms with Gasteiger partial charge < -0.3 is 24.8 Å². The van der Waals surface area contributed by atoms with Crippen LogP contribution in [0.1, 0.15) is 31.9 Å². The molecule has 2 amide bonds. The van der Waals surface area contributed by atoms with Gasteiger partial charge in [0.15, 0.2) is 0 Å². The predicted molar refractivity (Wildman–Crippen MR) is 114 cm³/mol. The van der Waals surface area contributed by atoms with Gasteiger partial charge in [0.1, 0.15) is 24.9 Å². The molecule has 1 unspecified atom stereocenters. The number of carbonyl (C=O) groups excluding carboxylic acids is 3. The Labute approximate surface area is 181 Å². The molecular formula is C23H28N2O6. The van der Waals surface area contributed by atoms with Crippen molar-refractivity contribution in [1.29, 1.82) is 0 Å². The van der Waals surface area contributed by atoms with Crippen LogP contribution in [-0.2, 0) is 32.2 Å². The summed E-state index contributed by atoms with van der Waals surface area (Å²) in [6, 6.07) is 17.1. The van der Waals surface area contributed by atoms with E-state index in [1.807, 2.05) is 60.7 Å². The van der Waals surface area contributed by atoms with Gasteiger partial charge in [0.2, 0.25) is 0 Å². The molecule has 0 radical (unpaired) electrons. The second-order valence-electron chi connectivity index (χ2n) is 7.73. The fourth-order valence-electron chi connectivity index (χ4n) is 2.43. The van der Waals surface area contributed by atoms with E-state index in [1.54, 1.807) is 20.8 Å². The van der Waals surface area contributed by atoms with Crippen molar-refractivity contribution in [3.63, 3.8) is 0 Å². The summed E-state index contributed by atoms with van der Waals surface area (Å²) in [5.74, 6) is -0.712. The summed E-state index contributed by atoms with van der Waals surface area (Å²) in [7, 11) is 0. The fraction of sp³-hybridized carbons (Fsp3) is 0.348. The maximum atomic E-state index is 12.5. The number of carbonyl (C=O) groups is 3. The Morgan fingerprint density at radius 3 is 1.84 bits per heavy atom. The smallest absolute Gasteiger partial charge is 0.408 e. The molecule has 8 nitrogen and oxygen atoms in total. The van der Waals surface area contributed by atoms with Crippen molar-refractivity contribution in [3.05, 3.63) is 71.8 Å². The van der Waals surface area contributed by atoms with E-state index in [0.29, 0.717) is 0 Å². The van der Waals surface area contributed by atoms with Crippen LogP contribution in [0.15, 0.2) is 60.7 Å². The van der Waals surface area contributed by atoms with Crippen LogP contribution in [0.3, 0.4) is 0 Å². The van der Waals surface area contributed by atoms with Gasteiger partial charge in [0, 0.05) is 0 Å². The Kier molecular flexibility index (Phi) is 8.87. The zero-order valence-corrected chi connectivity index (χ0v) is 17.9. The van der Waals surface area contributed by atoms with Crippen LogP contribution < -0.4 is 10.6 Å². The van der Waals surface area contributed by atoms with Crippen LogP contribution in [-0.4, -0.2) is 36.3 Å². The Hall–Kier alpha value is -3.55. The first-order valence-corrected chi connectivity index (χ1v) is 9.87. The molecule has 0 heterocycles. The van der Waals surface area contributed by atoms with E-state index in [2.05, 4.69) is 10.6 Å². The summed E-state index contributed by atoms with van der Waals surface area (Å²) in [6.45, 7) is 5.01. The highest BCUT2D eigenvalue weighted by Gasteiger charge is 2.25. The van der Waals surface area contributed by atoms with Gasteiger partial charge in [-0.1, -0.05) is 60.7 Å². The average Bonchev–Trinajstić information content (AvgIpc) is 2.73. The van der Waals surface area contributed by atoms with E-state index in [1.165, 1.54) is 0 Å². The first kappa shape index (κ1) is 23.7. The van der Waals surface area contributed by atoms with Gasteiger partial charge in [0.25, 0.3) is 0 Å². The third-order valence-electron chi connectivity index (χ3n) is 3.86. The van der Waals surface area contributed by atoms with E-state index in [9.17, 15) is 14.4 Å². The average molecular weight is 428 g/mol. The lowest BCUT2D eigenvalue weighted by Crippen LogP contribution is -2.49. The van der Waals surface area contributed by atoms with Gasteiger partial charge in [0.05, 0.1) is 6.54 Å². The second kappa shape index (κ2) is 11.6. The summed E-state index contributed by atoms with van der Waals surface area (Å²) >= 11 is 0. The number of rotatable bonds is 8. The second-order valence-corrected chi connectivity index (χ2v) is 7.73. The van der Waals surface area contributed by atoms with E-state index in [-0.39, 0.29) is 19.8 Å². The largest absolute Gasteiger partial charge is 0.459 e. The van der Waals surface area contributed by atoms with Crippen LogP contribution >= 0.6 is 0 Å². The topological polar surface area (TPSA) is 103 Å². The minimum absolute atomic E-state index is 0.0311. The Balaban J connectivity index is 1.93. The molecule has 31 heavy (non-hydrogen) atoms. The normalized spacial score (nSPS) is 11.7.